The predicted molar refractivity (Wildman–Crippen MR) is 111 cm³/mol. The van der Waals surface area contributed by atoms with E-state index in [1.165, 1.54) is 5.56 Å². The van der Waals surface area contributed by atoms with Gasteiger partial charge in [0, 0.05) is 5.56 Å². The number of nitrogens with one attached hydrogen (secondary N) is 2. The van der Waals surface area contributed by atoms with Crippen LogP contribution in [0.15, 0.2) is 48.5 Å². The molecule has 0 saturated carbocycles. The van der Waals surface area contributed by atoms with Crippen molar-refractivity contribution in [3.8, 4) is 5.75 Å². The largest absolute Gasteiger partial charge is 0.484 e. The Kier molecular flexibility index (Phi) is 6.49. The van der Waals surface area contributed by atoms with Gasteiger partial charge in [-0.3, -0.25) is 20.4 Å². The third-order valence-electron chi connectivity index (χ3n) is 4.42. The van der Waals surface area contributed by atoms with Crippen LogP contribution in [-0.4, -0.2) is 18.4 Å². The molecule has 0 heterocycles. The molecule has 0 bridgehead atoms. The van der Waals surface area contributed by atoms with Crippen molar-refractivity contribution in [1.29, 1.82) is 0 Å². The van der Waals surface area contributed by atoms with Crippen molar-refractivity contribution in [3.63, 3.8) is 0 Å². The van der Waals surface area contributed by atoms with Crippen molar-refractivity contribution >= 4 is 11.8 Å². The van der Waals surface area contributed by atoms with Gasteiger partial charge in [0.15, 0.2) is 6.61 Å². The van der Waals surface area contributed by atoms with Crippen LogP contribution in [-0.2, 0) is 15.6 Å². The first-order valence-electron chi connectivity index (χ1n) is 9.40. The van der Waals surface area contributed by atoms with Crippen molar-refractivity contribution < 1.29 is 14.3 Å². The Bertz CT molecular complexity index is 811. The van der Waals surface area contributed by atoms with Crippen molar-refractivity contribution in [1.82, 2.24) is 10.9 Å². The van der Waals surface area contributed by atoms with Crippen LogP contribution >= 0.6 is 0 Å². The zero-order valence-corrected chi connectivity index (χ0v) is 17.6. The van der Waals surface area contributed by atoms with Gasteiger partial charge in [0.25, 0.3) is 11.8 Å². The third-order valence-corrected chi connectivity index (χ3v) is 4.42. The SMILES string of the molecule is CC(C)(C)c1ccc(OCC(=O)NNC(=O)c2ccc(C(C)(C)C)cc2)cc1. The number of carbonyl (C=O) groups excluding carboxylic acids is 2. The number of rotatable bonds is 4. The van der Waals surface area contributed by atoms with E-state index in [9.17, 15) is 9.59 Å². The lowest BCUT2D eigenvalue weighted by molar-refractivity contribution is -0.123. The fraction of sp³-hybridized carbons (Fsp3) is 0.391. The van der Waals surface area contributed by atoms with E-state index in [1.54, 1.807) is 12.1 Å². The molecule has 5 nitrogen and oxygen atoms in total. The quantitative estimate of drug-likeness (QED) is 0.782. The molecule has 0 unspecified atom stereocenters. The molecule has 0 radical (unpaired) electrons. The fourth-order valence-electron chi connectivity index (χ4n) is 2.56. The van der Waals surface area contributed by atoms with E-state index in [0.717, 1.165) is 5.56 Å². The summed E-state index contributed by atoms with van der Waals surface area (Å²) in [7, 11) is 0. The number of benzene rings is 2. The summed E-state index contributed by atoms with van der Waals surface area (Å²) in [6.45, 7) is 12.6. The Morgan fingerprint density at radius 3 is 1.68 bits per heavy atom. The van der Waals surface area contributed by atoms with E-state index in [1.807, 2.05) is 36.4 Å². The predicted octanol–water partition coefficient (Wildman–Crippen LogP) is 4.12. The van der Waals surface area contributed by atoms with Crippen LogP contribution in [0.2, 0.25) is 0 Å². The molecule has 0 aliphatic carbocycles. The molecule has 0 fully saturated rings. The first kappa shape index (κ1) is 21.5. The number of amides is 2. The van der Waals surface area contributed by atoms with Gasteiger partial charge in [-0.1, -0.05) is 65.8 Å². The molecule has 0 saturated heterocycles. The lowest BCUT2D eigenvalue weighted by Crippen LogP contribution is -2.43. The van der Waals surface area contributed by atoms with Gasteiger partial charge in [0.1, 0.15) is 5.75 Å². The molecule has 2 amide bonds. The first-order valence-corrected chi connectivity index (χ1v) is 9.40. The molecule has 0 aromatic heterocycles. The summed E-state index contributed by atoms with van der Waals surface area (Å²) >= 11 is 0. The molecule has 0 atom stereocenters. The maximum absolute atomic E-state index is 12.1. The van der Waals surface area contributed by atoms with Gasteiger partial charge in [-0.2, -0.15) is 0 Å². The van der Waals surface area contributed by atoms with Gasteiger partial charge in [-0.15, -0.1) is 0 Å². The standard InChI is InChI=1S/C23H30N2O3/c1-22(2,3)17-9-7-16(8-10-17)21(27)25-24-20(26)15-28-19-13-11-18(12-14-19)23(4,5)6/h7-14H,15H2,1-6H3,(H,24,26)(H,25,27). The number of ether oxygens (including phenoxy) is 1. The summed E-state index contributed by atoms with van der Waals surface area (Å²) in [4.78, 5) is 24.1. The molecule has 2 aromatic rings. The van der Waals surface area contributed by atoms with Crippen LogP contribution < -0.4 is 15.6 Å². The molecular weight excluding hydrogens is 352 g/mol. The zero-order chi connectivity index (χ0) is 20.9. The van der Waals surface area contributed by atoms with Crippen LogP contribution in [0.25, 0.3) is 0 Å². The average Bonchev–Trinajstić information content (AvgIpc) is 2.63. The molecule has 5 heteroatoms. The Hall–Kier alpha value is -2.82. The summed E-state index contributed by atoms with van der Waals surface area (Å²) in [6, 6.07) is 15.0. The lowest BCUT2D eigenvalue weighted by Gasteiger charge is -2.19. The van der Waals surface area contributed by atoms with Gasteiger partial charge in [-0.25, -0.2) is 0 Å². The molecule has 2 rings (SSSR count). The van der Waals surface area contributed by atoms with Crippen LogP contribution in [0.5, 0.6) is 5.75 Å². The Morgan fingerprint density at radius 2 is 1.21 bits per heavy atom. The van der Waals surface area contributed by atoms with Crippen LogP contribution in [0.3, 0.4) is 0 Å². The van der Waals surface area contributed by atoms with Crippen LogP contribution in [0, 0.1) is 0 Å². The minimum atomic E-state index is -0.431. The monoisotopic (exact) mass is 382 g/mol. The molecule has 2 N–H and O–H groups in total. The van der Waals surface area contributed by atoms with Gasteiger partial charge in [0.05, 0.1) is 0 Å². The number of hydrogen-bond acceptors (Lipinski definition) is 3. The second kappa shape index (κ2) is 8.46. The van der Waals surface area contributed by atoms with E-state index in [4.69, 9.17) is 4.74 Å². The first-order chi connectivity index (χ1) is 13.0. The molecule has 0 aliphatic rings. The molecule has 150 valence electrons. The summed E-state index contributed by atoms with van der Waals surface area (Å²) in [5, 5.41) is 0. The van der Waals surface area contributed by atoms with Crippen LogP contribution in [0.4, 0.5) is 0 Å². The van der Waals surface area contributed by atoms with Crippen molar-refractivity contribution in [3.05, 3.63) is 65.2 Å². The molecular formula is C23H30N2O3. The molecule has 0 spiro atoms. The highest BCUT2D eigenvalue weighted by molar-refractivity contribution is 5.95. The van der Waals surface area contributed by atoms with Crippen molar-refractivity contribution in [2.24, 2.45) is 0 Å². The molecule has 0 aliphatic heterocycles. The van der Waals surface area contributed by atoms with E-state index < -0.39 is 5.91 Å². The fourth-order valence-corrected chi connectivity index (χ4v) is 2.56. The topological polar surface area (TPSA) is 67.4 Å². The Labute approximate surface area is 167 Å². The van der Waals surface area contributed by atoms with Gasteiger partial charge >= 0.3 is 0 Å². The number of hydrogen-bond donors (Lipinski definition) is 2. The summed E-state index contributed by atoms with van der Waals surface area (Å²) in [5.74, 6) is -0.199. The third kappa shape index (κ3) is 6.12. The second-order valence-electron chi connectivity index (χ2n) is 8.89. The smallest absolute Gasteiger partial charge is 0.276 e. The maximum atomic E-state index is 12.1. The summed E-state index contributed by atoms with van der Waals surface area (Å²) in [5.41, 5.74) is 7.66. The number of hydrazine groups is 1. The van der Waals surface area contributed by atoms with E-state index in [-0.39, 0.29) is 23.3 Å². The average molecular weight is 383 g/mol. The highest BCUT2D eigenvalue weighted by Gasteiger charge is 2.15. The highest BCUT2D eigenvalue weighted by Crippen LogP contribution is 2.24. The van der Waals surface area contributed by atoms with Gasteiger partial charge in [-0.05, 0) is 46.2 Å². The summed E-state index contributed by atoms with van der Waals surface area (Å²) < 4.78 is 5.46. The van der Waals surface area contributed by atoms with E-state index in [0.29, 0.717) is 11.3 Å². The van der Waals surface area contributed by atoms with Gasteiger partial charge < -0.3 is 4.74 Å². The lowest BCUT2D eigenvalue weighted by atomic mass is 9.87. The van der Waals surface area contributed by atoms with Gasteiger partial charge in [0.2, 0.25) is 0 Å². The normalized spacial score (nSPS) is 11.6. The number of carbonyl (C=O) groups is 2. The zero-order valence-electron chi connectivity index (χ0n) is 17.6. The maximum Gasteiger partial charge on any atom is 0.276 e. The second-order valence-corrected chi connectivity index (χ2v) is 8.89. The summed E-state index contributed by atoms with van der Waals surface area (Å²) in [6.07, 6.45) is 0. The van der Waals surface area contributed by atoms with Crippen molar-refractivity contribution in [2.45, 2.75) is 52.4 Å². The van der Waals surface area contributed by atoms with Crippen LogP contribution in [0.1, 0.15) is 63.0 Å². The Balaban J connectivity index is 1.81. The minimum absolute atomic E-state index is 0.0195. The van der Waals surface area contributed by atoms with Crippen molar-refractivity contribution in [2.75, 3.05) is 6.61 Å². The molecule has 28 heavy (non-hydrogen) atoms. The van der Waals surface area contributed by atoms with E-state index >= 15 is 0 Å². The highest BCUT2D eigenvalue weighted by atomic mass is 16.5. The van der Waals surface area contributed by atoms with E-state index in [2.05, 4.69) is 52.4 Å². The Morgan fingerprint density at radius 1 is 0.750 bits per heavy atom. The minimum Gasteiger partial charge on any atom is -0.484 e. The molecule has 2 aromatic carbocycles.